The Labute approximate surface area is 143 Å². The van der Waals surface area contributed by atoms with Gasteiger partial charge in [0.2, 0.25) is 5.76 Å². The van der Waals surface area contributed by atoms with E-state index in [1.807, 2.05) is 24.3 Å². The van der Waals surface area contributed by atoms with Gasteiger partial charge in [0.25, 0.3) is 11.1 Å². The summed E-state index contributed by atoms with van der Waals surface area (Å²) in [5, 5.41) is 4.47. The van der Waals surface area contributed by atoms with Crippen molar-refractivity contribution in [2.24, 2.45) is 0 Å². The second-order valence-electron chi connectivity index (χ2n) is 5.89. The van der Waals surface area contributed by atoms with Gasteiger partial charge in [0.1, 0.15) is 6.10 Å². The van der Waals surface area contributed by atoms with Gasteiger partial charge in [-0.25, -0.2) is 4.98 Å². The van der Waals surface area contributed by atoms with E-state index in [2.05, 4.69) is 10.1 Å². The van der Waals surface area contributed by atoms with Crippen molar-refractivity contribution in [1.29, 1.82) is 0 Å². The molecular formula is C17H17N3O3S. The number of fused-ring (bicyclic) bond motifs is 1. The van der Waals surface area contributed by atoms with Crippen molar-refractivity contribution in [2.45, 2.75) is 25.9 Å². The number of rotatable bonds is 3. The first kappa shape index (κ1) is 15.1. The SMILES string of the molecule is Cc1cc(C(=O)N2CCC(Oc3nc4ccccc4s3)CC2)on1. The van der Waals surface area contributed by atoms with Crippen molar-refractivity contribution in [3.8, 4) is 5.19 Å². The zero-order chi connectivity index (χ0) is 16.5. The van der Waals surface area contributed by atoms with Crippen molar-refractivity contribution in [3.05, 3.63) is 41.8 Å². The second kappa shape index (κ2) is 6.24. The fourth-order valence-corrected chi connectivity index (χ4v) is 3.72. The first-order chi connectivity index (χ1) is 11.7. The standard InChI is InChI=1S/C17H17N3O3S/c1-11-10-14(23-19-11)16(21)20-8-6-12(7-9-20)22-17-18-13-4-2-3-5-15(13)24-17/h2-5,10,12H,6-9H2,1H3. The molecule has 0 atom stereocenters. The molecule has 0 spiro atoms. The molecule has 3 aromatic rings. The van der Waals surface area contributed by atoms with Crippen molar-refractivity contribution < 1.29 is 14.1 Å². The van der Waals surface area contributed by atoms with Crippen LogP contribution in [0.4, 0.5) is 0 Å². The van der Waals surface area contributed by atoms with Crippen molar-refractivity contribution in [3.63, 3.8) is 0 Å². The molecule has 0 saturated carbocycles. The molecule has 1 aromatic carbocycles. The maximum atomic E-state index is 12.3. The summed E-state index contributed by atoms with van der Waals surface area (Å²) in [5.74, 6) is 0.201. The van der Waals surface area contributed by atoms with E-state index in [-0.39, 0.29) is 12.0 Å². The minimum absolute atomic E-state index is 0.0890. The Morgan fingerprint density at radius 1 is 1.33 bits per heavy atom. The Kier molecular flexibility index (Phi) is 3.93. The molecule has 1 aliphatic rings. The van der Waals surface area contributed by atoms with Crippen LogP contribution in [0.25, 0.3) is 10.2 Å². The molecule has 1 aliphatic heterocycles. The number of aryl methyl sites for hydroxylation is 1. The number of nitrogens with zero attached hydrogens (tertiary/aromatic N) is 3. The normalized spacial score (nSPS) is 15.8. The quantitative estimate of drug-likeness (QED) is 0.730. The number of hydrogen-bond donors (Lipinski definition) is 0. The molecule has 1 saturated heterocycles. The fraction of sp³-hybridized carbons (Fsp3) is 0.353. The predicted octanol–water partition coefficient (Wildman–Crippen LogP) is 3.28. The van der Waals surface area contributed by atoms with Gasteiger partial charge in [-0.05, 0) is 19.1 Å². The third-order valence-electron chi connectivity index (χ3n) is 4.11. The van der Waals surface area contributed by atoms with Gasteiger partial charge in [-0.3, -0.25) is 4.79 Å². The lowest BCUT2D eigenvalue weighted by molar-refractivity contribution is 0.0558. The average molecular weight is 343 g/mol. The minimum Gasteiger partial charge on any atom is -0.467 e. The Balaban J connectivity index is 1.36. The van der Waals surface area contributed by atoms with Crippen molar-refractivity contribution in [2.75, 3.05) is 13.1 Å². The van der Waals surface area contributed by atoms with Crippen molar-refractivity contribution >= 4 is 27.5 Å². The number of benzene rings is 1. The highest BCUT2D eigenvalue weighted by Gasteiger charge is 2.27. The highest BCUT2D eigenvalue weighted by atomic mass is 32.1. The molecule has 0 bridgehead atoms. The number of likely N-dealkylation sites (tertiary alicyclic amines) is 1. The van der Waals surface area contributed by atoms with Crippen LogP contribution in [-0.4, -0.2) is 40.1 Å². The van der Waals surface area contributed by atoms with Gasteiger partial charge >= 0.3 is 0 Å². The van der Waals surface area contributed by atoms with E-state index in [4.69, 9.17) is 9.26 Å². The van der Waals surface area contributed by atoms with Crippen LogP contribution >= 0.6 is 11.3 Å². The molecule has 2 aromatic heterocycles. The summed E-state index contributed by atoms with van der Waals surface area (Å²) in [6.45, 7) is 3.10. The molecule has 7 heteroatoms. The van der Waals surface area contributed by atoms with Crippen LogP contribution in [0.3, 0.4) is 0 Å². The maximum absolute atomic E-state index is 12.3. The molecule has 1 fully saturated rings. The largest absolute Gasteiger partial charge is 0.467 e. The van der Waals surface area contributed by atoms with Gasteiger partial charge in [0.05, 0.1) is 15.9 Å². The summed E-state index contributed by atoms with van der Waals surface area (Å²) in [4.78, 5) is 18.6. The molecule has 0 unspecified atom stereocenters. The number of hydrogen-bond acceptors (Lipinski definition) is 6. The molecule has 6 nitrogen and oxygen atoms in total. The average Bonchev–Trinajstić information content (AvgIpc) is 3.20. The number of carbonyl (C=O) groups excluding carboxylic acids is 1. The Bertz CT molecular complexity index is 832. The third kappa shape index (κ3) is 2.99. The van der Waals surface area contributed by atoms with Crippen molar-refractivity contribution in [1.82, 2.24) is 15.0 Å². The van der Waals surface area contributed by atoms with Gasteiger partial charge in [0, 0.05) is 32.0 Å². The van der Waals surface area contributed by atoms with Crippen LogP contribution in [-0.2, 0) is 0 Å². The van der Waals surface area contributed by atoms with E-state index in [1.54, 1.807) is 29.2 Å². The number of thiazole rings is 1. The topological polar surface area (TPSA) is 68.5 Å². The Morgan fingerprint density at radius 3 is 2.83 bits per heavy atom. The molecule has 3 heterocycles. The lowest BCUT2D eigenvalue weighted by Gasteiger charge is -2.30. The second-order valence-corrected chi connectivity index (χ2v) is 6.88. The van der Waals surface area contributed by atoms with Crippen LogP contribution < -0.4 is 4.74 Å². The number of ether oxygens (including phenoxy) is 1. The lowest BCUT2D eigenvalue weighted by Crippen LogP contribution is -2.41. The molecule has 4 rings (SSSR count). The molecular weight excluding hydrogens is 326 g/mol. The Morgan fingerprint density at radius 2 is 2.12 bits per heavy atom. The first-order valence-electron chi connectivity index (χ1n) is 7.94. The number of carbonyl (C=O) groups is 1. The summed E-state index contributed by atoms with van der Waals surface area (Å²) in [6.07, 6.45) is 1.66. The smallest absolute Gasteiger partial charge is 0.292 e. The van der Waals surface area contributed by atoms with Crippen LogP contribution in [0.1, 0.15) is 29.1 Å². The number of amides is 1. The monoisotopic (exact) mass is 343 g/mol. The number of para-hydroxylation sites is 1. The molecule has 0 N–H and O–H groups in total. The van der Waals surface area contributed by atoms with Gasteiger partial charge < -0.3 is 14.2 Å². The van der Waals surface area contributed by atoms with E-state index < -0.39 is 0 Å². The highest BCUT2D eigenvalue weighted by Crippen LogP contribution is 2.29. The Hall–Kier alpha value is -2.41. The van der Waals surface area contributed by atoms with Gasteiger partial charge in [0.15, 0.2) is 0 Å². The molecule has 0 radical (unpaired) electrons. The number of aromatic nitrogens is 2. The third-order valence-corrected chi connectivity index (χ3v) is 5.04. The summed E-state index contributed by atoms with van der Waals surface area (Å²) >= 11 is 1.56. The van der Waals surface area contributed by atoms with E-state index >= 15 is 0 Å². The van der Waals surface area contributed by atoms with Crippen LogP contribution in [0.15, 0.2) is 34.9 Å². The maximum Gasteiger partial charge on any atom is 0.292 e. The summed E-state index contributed by atoms with van der Waals surface area (Å²) in [5.41, 5.74) is 1.68. The molecule has 124 valence electrons. The minimum atomic E-state index is -0.103. The zero-order valence-electron chi connectivity index (χ0n) is 13.3. The number of piperidine rings is 1. The summed E-state index contributed by atoms with van der Waals surface area (Å²) in [7, 11) is 0. The van der Waals surface area contributed by atoms with Crippen LogP contribution in [0, 0.1) is 6.92 Å². The summed E-state index contributed by atoms with van der Waals surface area (Å²) in [6, 6.07) is 9.67. The molecule has 1 amide bonds. The van der Waals surface area contributed by atoms with Gasteiger partial charge in [-0.15, -0.1) is 0 Å². The van der Waals surface area contributed by atoms with E-state index in [0.717, 1.165) is 23.1 Å². The van der Waals surface area contributed by atoms with Gasteiger partial charge in [-0.2, -0.15) is 0 Å². The van der Waals surface area contributed by atoms with Gasteiger partial charge in [-0.1, -0.05) is 28.6 Å². The molecule has 24 heavy (non-hydrogen) atoms. The zero-order valence-corrected chi connectivity index (χ0v) is 14.1. The molecule has 0 aliphatic carbocycles. The van der Waals surface area contributed by atoms with E-state index in [1.165, 1.54) is 0 Å². The predicted molar refractivity (Wildman–Crippen MR) is 90.4 cm³/mol. The van der Waals surface area contributed by atoms with Crippen LogP contribution in [0.2, 0.25) is 0 Å². The van der Waals surface area contributed by atoms with E-state index in [9.17, 15) is 4.79 Å². The fourth-order valence-electron chi connectivity index (χ4n) is 2.84. The highest BCUT2D eigenvalue weighted by molar-refractivity contribution is 7.20. The van der Waals surface area contributed by atoms with E-state index in [0.29, 0.717) is 29.7 Å². The lowest BCUT2D eigenvalue weighted by atomic mass is 10.1. The summed E-state index contributed by atoms with van der Waals surface area (Å²) < 4.78 is 12.2. The van der Waals surface area contributed by atoms with Crippen LogP contribution in [0.5, 0.6) is 5.19 Å². The first-order valence-corrected chi connectivity index (χ1v) is 8.75.